The molecule has 27 heavy (non-hydrogen) atoms. The van der Waals surface area contributed by atoms with Crippen molar-refractivity contribution in [1.29, 1.82) is 0 Å². The van der Waals surface area contributed by atoms with Crippen molar-refractivity contribution in [2.45, 2.75) is 25.4 Å². The van der Waals surface area contributed by atoms with Gasteiger partial charge in [0.15, 0.2) is 0 Å². The van der Waals surface area contributed by atoms with Crippen molar-refractivity contribution in [2.75, 3.05) is 26.7 Å². The number of benzene rings is 2. The molecule has 0 bridgehead atoms. The quantitative estimate of drug-likeness (QED) is 0.908. The van der Waals surface area contributed by atoms with Gasteiger partial charge in [-0.1, -0.05) is 60.7 Å². The Kier molecular flexibility index (Phi) is 5.26. The molecule has 1 N–H and O–H groups in total. The maximum atomic E-state index is 12.6. The summed E-state index contributed by atoms with van der Waals surface area (Å²) in [7, 11) is 2.14. The first-order valence-corrected chi connectivity index (χ1v) is 9.75. The summed E-state index contributed by atoms with van der Waals surface area (Å²) in [5.74, 6) is 0. The number of urea groups is 1. The normalized spacial score (nSPS) is 20.0. The second kappa shape index (κ2) is 7.97. The molecule has 2 aromatic carbocycles. The summed E-state index contributed by atoms with van der Waals surface area (Å²) in [5, 5.41) is 3.15. The van der Waals surface area contributed by atoms with E-state index in [-0.39, 0.29) is 6.03 Å². The van der Waals surface area contributed by atoms with Crippen LogP contribution in [0.2, 0.25) is 0 Å². The fourth-order valence-corrected chi connectivity index (χ4v) is 4.03. The molecule has 4 rings (SSSR count). The molecular weight excluding hydrogens is 334 g/mol. The van der Waals surface area contributed by atoms with Crippen LogP contribution in [0.25, 0.3) is 5.57 Å². The third kappa shape index (κ3) is 4.06. The van der Waals surface area contributed by atoms with Crippen LogP contribution in [0.5, 0.6) is 0 Å². The minimum absolute atomic E-state index is 0.0469. The summed E-state index contributed by atoms with van der Waals surface area (Å²) < 4.78 is 0. The zero-order valence-corrected chi connectivity index (χ0v) is 15.9. The van der Waals surface area contributed by atoms with Crippen LogP contribution in [-0.4, -0.2) is 48.6 Å². The first kappa shape index (κ1) is 17.8. The summed E-state index contributed by atoms with van der Waals surface area (Å²) in [4.78, 5) is 16.8. The Balaban J connectivity index is 1.31. The molecule has 4 heteroatoms. The highest BCUT2D eigenvalue weighted by atomic mass is 16.2. The van der Waals surface area contributed by atoms with Crippen LogP contribution in [-0.2, 0) is 13.0 Å². The van der Waals surface area contributed by atoms with E-state index in [0.29, 0.717) is 19.1 Å². The maximum absolute atomic E-state index is 12.6. The number of hydrogen-bond donors (Lipinski definition) is 1. The standard InChI is InChI=1S/C23H27N3O/c1-25-17-21-10-6-5-9-20(21)15-22(25)16-24-23(27)26-13-11-19(12-14-26)18-7-3-2-4-8-18/h2-11,22H,12-17H2,1H3,(H,24,27)/t22-/m1/s1. The summed E-state index contributed by atoms with van der Waals surface area (Å²) >= 11 is 0. The molecule has 0 radical (unpaired) electrons. The number of nitrogens with one attached hydrogen (secondary N) is 1. The Morgan fingerprint density at radius 3 is 2.56 bits per heavy atom. The van der Waals surface area contributed by atoms with Crippen molar-refractivity contribution < 1.29 is 4.79 Å². The van der Waals surface area contributed by atoms with Crippen LogP contribution < -0.4 is 5.32 Å². The van der Waals surface area contributed by atoms with E-state index < -0.39 is 0 Å². The largest absolute Gasteiger partial charge is 0.336 e. The van der Waals surface area contributed by atoms with Crippen LogP contribution >= 0.6 is 0 Å². The molecule has 0 spiro atoms. The fourth-order valence-electron chi connectivity index (χ4n) is 4.03. The van der Waals surface area contributed by atoms with Crippen molar-refractivity contribution in [2.24, 2.45) is 0 Å². The lowest BCUT2D eigenvalue weighted by molar-refractivity contribution is 0.185. The minimum Gasteiger partial charge on any atom is -0.336 e. The van der Waals surface area contributed by atoms with Gasteiger partial charge in [-0.3, -0.25) is 4.90 Å². The Morgan fingerprint density at radius 2 is 1.81 bits per heavy atom. The van der Waals surface area contributed by atoms with Crippen LogP contribution in [0.15, 0.2) is 60.7 Å². The third-order valence-electron chi connectivity index (χ3n) is 5.75. The lowest BCUT2D eigenvalue weighted by Crippen LogP contribution is -2.49. The minimum atomic E-state index is 0.0469. The predicted octanol–water partition coefficient (Wildman–Crippen LogP) is 3.54. The number of fused-ring (bicyclic) bond motifs is 1. The van der Waals surface area contributed by atoms with Crippen LogP contribution in [0.1, 0.15) is 23.1 Å². The van der Waals surface area contributed by atoms with Crippen molar-refractivity contribution >= 4 is 11.6 Å². The lowest BCUT2D eigenvalue weighted by atomic mass is 9.94. The lowest BCUT2D eigenvalue weighted by Gasteiger charge is -2.35. The van der Waals surface area contributed by atoms with E-state index in [4.69, 9.17) is 0 Å². The molecule has 0 aliphatic carbocycles. The van der Waals surface area contributed by atoms with E-state index in [1.165, 1.54) is 22.3 Å². The smallest absolute Gasteiger partial charge is 0.317 e. The van der Waals surface area contributed by atoms with Crippen molar-refractivity contribution in [3.05, 3.63) is 77.4 Å². The molecule has 140 valence electrons. The Labute approximate surface area is 161 Å². The molecule has 0 saturated heterocycles. The number of rotatable bonds is 3. The zero-order valence-electron chi connectivity index (χ0n) is 15.9. The van der Waals surface area contributed by atoms with Gasteiger partial charge < -0.3 is 10.2 Å². The van der Waals surface area contributed by atoms with Gasteiger partial charge in [0, 0.05) is 32.2 Å². The fraction of sp³-hybridized carbons (Fsp3) is 0.348. The Hall–Kier alpha value is -2.59. The average molecular weight is 361 g/mol. The van der Waals surface area contributed by atoms with E-state index >= 15 is 0 Å². The van der Waals surface area contributed by atoms with Crippen LogP contribution in [0.4, 0.5) is 4.79 Å². The van der Waals surface area contributed by atoms with E-state index in [2.05, 4.69) is 71.9 Å². The highest BCUT2D eigenvalue weighted by Gasteiger charge is 2.24. The third-order valence-corrected chi connectivity index (χ3v) is 5.75. The number of likely N-dealkylation sites (N-methyl/N-ethyl adjacent to an activating group) is 1. The molecule has 2 heterocycles. The first-order chi connectivity index (χ1) is 13.2. The van der Waals surface area contributed by atoms with E-state index in [1.807, 2.05) is 11.0 Å². The summed E-state index contributed by atoms with van der Waals surface area (Å²) in [6.07, 6.45) is 4.08. The summed E-state index contributed by atoms with van der Waals surface area (Å²) in [5.41, 5.74) is 5.41. The molecule has 2 amide bonds. The van der Waals surface area contributed by atoms with Gasteiger partial charge >= 0.3 is 6.03 Å². The molecule has 0 unspecified atom stereocenters. The van der Waals surface area contributed by atoms with Crippen molar-refractivity contribution in [3.63, 3.8) is 0 Å². The number of nitrogens with zero attached hydrogens (tertiary/aromatic N) is 2. The second-order valence-corrected chi connectivity index (χ2v) is 7.52. The number of amides is 2. The molecule has 2 aliphatic heterocycles. The highest BCUT2D eigenvalue weighted by Crippen LogP contribution is 2.23. The topological polar surface area (TPSA) is 35.6 Å². The maximum Gasteiger partial charge on any atom is 0.317 e. The van der Waals surface area contributed by atoms with Gasteiger partial charge in [-0.2, -0.15) is 0 Å². The Bertz CT molecular complexity index is 831. The first-order valence-electron chi connectivity index (χ1n) is 9.75. The average Bonchev–Trinajstić information content (AvgIpc) is 2.73. The number of hydrogen-bond acceptors (Lipinski definition) is 2. The van der Waals surface area contributed by atoms with Gasteiger partial charge in [0.2, 0.25) is 0 Å². The molecule has 0 aromatic heterocycles. The highest BCUT2D eigenvalue weighted by molar-refractivity contribution is 5.76. The van der Waals surface area contributed by atoms with Crippen molar-refractivity contribution in [3.8, 4) is 0 Å². The molecule has 2 aliphatic rings. The molecule has 1 atom stereocenters. The van der Waals surface area contributed by atoms with Crippen LogP contribution in [0, 0.1) is 0 Å². The van der Waals surface area contributed by atoms with E-state index in [0.717, 1.165) is 25.9 Å². The zero-order chi connectivity index (χ0) is 18.6. The van der Waals surface area contributed by atoms with E-state index in [1.54, 1.807) is 0 Å². The molecule has 0 fully saturated rings. The molecule has 2 aromatic rings. The van der Waals surface area contributed by atoms with Gasteiger partial charge in [-0.05, 0) is 42.2 Å². The van der Waals surface area contributed by atoms with Gasteiger partial charge in [-0.15, -0.1) is 0 Å². The number of carbonyl (C=O) groups is 1. The van der Waals surface area contributed by atoms with Gasteiger partial charge in [0.05, 0.1) is 0 Å². The van der Waals surface area contributed by atoms with Gasteiger partial charge in [0.25, 0.3) is 0 Å². The number of carbonyl (C=O) groups excluding carboxylic acids is 1. The van der Waals surface area contributed by atoms with Gasteiger partial charge in [-0.25, -0.2) is 4.79 Å². The molecule has 0 saturated carbocycles. The van der Waals surface area contributed by atoms with Crippen LogP contribution in [0.3, 0.4) is 0 Å². The monoisotopic (exact) mass is 361 g/mol. The summed E-state index contributed by atoms with van der Waals surface area (Å²) in [6, 6.07) is 19.4. The summed E-state index contributed by atoms with van der Waals surface area (Å²) in [6.45, 7) is 3.09. The van der Waals surface area contributed by atoms with Gasteiger partial charge in [0.1, 0.15) is 0 Å². The molecule has 4 nitrogen and oxygen atoms in total. The molecular formula is C23H27N3O. The van der Waals surface area contributed by atoms with E-state index in [9.17, 15) is 4.79 Å². The predicted molar refractivity (Wildman–Crippen MR) is 109 cm³/mol. The SMILES string of the molecule is CN1Cc2ccccc2C[C@@H]1CNC(=O)N1CC=C(c2ccccc2)CC1. The second-order valence-electron chi connectivity index (χ2n) is 7.52. The Morgan fingerprint density at radius 1 is 1.07 bits per heavy atom. The van der Waals surface area contributed by atoms with Crippen molar-refractivity contribution in [1.82, 2.24) is 15.1 Å².